The molecule has 0 saturated carbocycles. The lowest BCUT2D eigenvalue weighted by Crippen LogP contribution is -2.48. The van der Waals surface area contributed by atoms with E-state index < -0.39 is 15.9 Å². The lowest BCUT2D eigenvalue weighted by atomic mass is 10.2. The van der Waals surface area contributed by atoms with Crippen molar-refractivity contribution in [1.82, 2.24) is 5.32 Å². The molecular weight excluding hydrogens is 282 g/mol. The summed E-state index contributed by atoms with van der Waals surface area (Å²) in [5.41, 5.74) is 0. The van der Waals surface area contributed by atoms with E-state index in [0.717, 1.165) is 0 Å². The van der Waals surface area contributed by atoms with Crippen molar-refractivity contribution in [3.8, 4) is 11.5 Å². The molecule has 1 amide bonds. The van der Waals surface area contributed by atoms with Crippen molar-refractivity contribution >= 4 is 15.7 Å². The van der Waals surface area contributed by atoms with E-state index in [-0.39, 0.29) is 30.1 Å². The first-order valence-corrected chi connectivity index (χ1v) is 8.25. The van der Waals surface area contributed by atoms with E-state index in [1.807, 2.05) is 6.07 Å². The molecule has 1 saturated heterocycles. The number of carbonyl (C=O) groups is 1. The Morgan fingerprint density at radius 3 is 2.70 bits per heavy atom. The van der Waals surface area contributed by atoms with E-state index in [4.69, 9.17) is 9.47 Å². The molecule has 1 aromatic rings. The van der Waals surface area contributed by atoms with Crippen LogP contribution in [0.4, 0.5) is 0 Å². The smallest absolute Gasteiger partial charge is 0.264 e. The molecule has 20 heavy (non-hydrogen) atoms. The summed E-state index contributed by atoms with van der Waals surface area (Å²) in [4.78, 5) is 12.1. The summed E-state index contributed by atoms with van der Waals surface area (Å²) in [6.45, 7) is 0.127. The Hall–Kier alpha value is -1.76. The zero-order valence-electron chi connectivity index (χ0n) is 10.7. The molecule has 0 bridgehead atoms. The van der Waals surface area contributed by atoms with E-state index in [0.29, 0.717) is 17.9 Å². The van der Waals surface area contributed by atoms with Crippen LogP contribution in [0.1, 0.15) is 6.42 Å². The standard InChI is InChI=1S/C13H15NO5S/c15-13(14-9-5-6-20(16,17)8-9)12-7-18-10-3-1-2-4-11(10)19-12/h1-4,9,12H,5-8H2,(H,14,15). The predicted octanol–water partition coefficient (Wildman–Crippen LogP) is 0.130. The van der Waals surface area contributed by atoms with Gasteiger partial charge in [0.05, 0.1) is 11.5 Å². The Labute approximate surface area is 117 Å². The third kappa shape index (κ3) is 2.72. The van der Waals surface area contributed by atoms with Gasteiger partial charge in [0, 0.05) is 6.04 Å². The average molecular weight is 297 g/mol. The molecule has 0 spiro atoms. The van der Waals surface area contributed by atoms with Gasteiger partial charge in [0.25, 0.3) is 5.91 Å². The summed E-state index contributed by atoms with van der Waals surface area (Å²) >= 11 is 0. The molecule has 2 heterocycles. The number of sulfone groups is 1. The molecular formula is C13H15NO5S. The lowest BCUT2D eigenvalue weighted by molar-refractivity contribution is -0.130. The van der Waals surface area contributed by atoms with Gasteiger partial charge < -0.3 is 14.8 Å². The number of benzene rings is 1. The van der Waals surface area contributed by atoms with Crippen LogP contribution in [0.5, 0.6) is 11.5 Å². The van der Waals surface area contributed by atoms with E-state index in [2.05, 4.69) is 5.32 Å². The lowest BCUT2D eigenvalue weighted by Gasteiger charge is -2.26. The van der Waals surface area contributed by atoms with Crippen molar-refractivity contribution in [3.63, 3.8) is 0 Å². The SMILES string of the molecule is O=C(NC1CCS(=O)(=O)C1)C1COc2ccccc2O1. The molecule has 0 aliphatic carbocycles. The van der Waals surface area contributed by atoms with Crippen molar-refractivity contribution in [2.45, 2.75) is 18.6 Å². The van der Waals surface area contributed by atoms with Crippen LogP contribution in [-0.2, 0) is 14.6 Å². The number of hydrogen-bond acceptors (Lipinski definition) is 5. The fraction of sp³-hybridized carbons (Fsp3) is 0.462. The summed E-state index contributed by atoms with van der Waals surface area (Å²) in [5.74, 6) is 0.936. The first-order chi connectivity index (χ1) is 9.53. The third-order valence-corrected chi connectivity index (χ3v) is 5.15. The van der Waals surface area contributed by atoms with Crippen LogP contribution >= 0.6 is 0 Å². The Morgan fingerprint density at radius 2 is 2.00 bits per heavy atom. The second-order valence-electron chi connectivity index (χ2n) is 4.97. The van der Waals surface area contributed by atoms with Gasteiger partial charge in [-0.25, -0.2) is 8.42 Å². The second-order valence-corrected chi connectivity index (χ2v) is 7.20. The first-order valence-electron chi connectivity index (χ1n) is 6.43. The molecule has 6 nitrogen and oxygen atoms in total. The molecule has 2 aliphatic rings. The molecule has 1 fully saturated rings. The molecule has 1 aromatic carbocycles. The number of carbonyl (C=O) groups excluding carboxylic acids is 1. The summed E-state index contributed by atoms with van der Waals surface area (Å²) in [6.07, 6.45) is -0.286. The number of nitrogens with one attached hydrogen (secondary N) is 1. The van der Waals surface area contributed by atoms with Gasteiger partial charge in [-0.15, -0.1) is 0 Å². The van der Waals surface area contributed by atoms with Crippen molar-refractivity contribution in [2.75, 3.05) is 18.1 Å². The Balaban J connectivity index is 1.62. The van der Waals surface area contributed by atoms with Gasteiger partial charge in [0.15, 0.2) is 21.3 Å². The molecule has 3 rings (SSSR count). The number of fused-ring (bicyclic) bond motifs is 1. The van der Waals surface area contributed by atoms with Gasteiger partial charge in [0.1, 0.15) is 6.61 Å². The maximum absolute atomic E-state index is 12.1. The van der Waals surface area contributed by atoms with Crippen LogP contribution in [0.25, 0.3) is 0 Å². The van der Waals surface area contributed by atoms with Gasteiger partial charge in [-0.2, -0.15) is 0 Å². The van der Waals surface area contributed by atoms with Crippen molar-refractivity contribution in [2.24, 2.45) is 0 Å². The van der Waals surface area contributed by atoms with Crippen LogP contribution in [-0.4, -0.2) is 44.6 Å². The van der Waals surface area contributed by atoms with Crippen molar-refractivity contribution < 1.29 is 22.7 Å². The molecule has 2 aliphatic heterocycles. The fourth-order valence-corrected chi connectivity index (χ4v) is 4.03. The van der Waals surface area contributed by atoms with Gasteiger partial charge in [0.2, 0.25) is 6.10 Å². The average Bonchev–Trinajstić information content (AvgIpc) is 2.77. The van der Waals surface area contributed by atoms with Crippen LogP contribution in [0.15, 0.2) is 24.3 Å². The number of hydrogen-bond donors (Lipinski definition) is 1. The molecule has 2 atom stereocenters. The highest BCUT2D eigenvalue weighted by molar-refractivity contribution is 7.91. The minimum atomic E-state index is -3.01. The normalized spacial score (nSPS) is 27.0. The molecule has 108 valence electrons. The monoisotopic (exact) mass is 297 g/mol. The van der Waals surface area contributed by atoms with Gasteiger partial charge in [-0.3, -0.25) is 4.79 Å². The minimum absolute atomic E-state index is 0.00288. The van der Waals surface area contributed by atoms with Crippen molar-refractivity contribution in [3.05, 3.63) is 24.3 Å². The van der Waals surface area contributed by atoms with E-state index in [1.165, 1.54) is 0 Å². The Bertz CT molecular complexity index is 627. The van der Waals surface area contributed by atoms with E-state index in [9.17, 15) is 13.2 Å². The number of amides is 1. The highest BCUT2D eigenvalue weighted by Gasteiger charge is 2.33. The highest BCUT2D eigenvalue weighted by atomic mass is 32.2. The largest absolute Gasteiger partial charge is 0.485 e. The topological polar surface area (TPSA) is 81.7 Å². The maximum Gasteiger partial charge on any atom is 0.264 e. The van der Waals surface area contributed by atoms with Crippen LogP contribution in [0.2, 0.25) is 0 Å². The predicted molar refractivity (Wildman–Crippen MR) is 71.6 cm³/mol. The van der Waals surface area contributed by atoms with E-state index in [1.54, 1.807) is 18.2 Å². The quantitative estimate of drug-likeness (QED) is 0.839. The summed E-state index contributed by atoms with van der Waals surface area (Å²) in [7, 11) is -3.01. The maximum atomic E-state index is 12.1. The highest BCUT2D eigenvalue weighted by Crippen LogP contribution is 2.30. The zero-order valence-corrected chi connectivity index (χ0v) is 11.6. The number of para-hydroxylation sites is 2. The second kappa shape index (κ2) is 4.97. The Kier molecular flexibility index (Phi) is 3.29. The third-order valence-electron chi connectivity index (χ3n) is 3.38. The number of rotatable bonds is 2. The fourth-order valence-electron chi connectivity index (χ4n) is 2.35. The molecule has 1 N–H and O–H groups in total. The summed E-state index contributed by atoms with van der Waals surface area (Å²) < 4.78 is 33.7. The molecule has 7 heteroatoms. The molecule has 2 unspecified atom stereocenters. The minimum Gasteiger partial charge on any atom is -0.485 e. The van der Waals surface area contributed by atoms with E-state index >= 15 is 0 Å². The Morgan fingerprint density at radius 1 is 1.25 bits per heavy atom. The summed E-state index contributed by atoms with van der Waals surface area (Å²) in [6, 6.07) is 6.80. The van der Waals surface area contributed by atoms with Gasteiger partial charge >= 0.3 is 0 Å². The molecule has 0 aromatic heterocycles. The van der Waals surface area contributed by atoms with Gasteiger partial charge in [-0.05, 0) is 18.6 Å². The van der Waals surface area contributed by atoms with Crippen molar-refractivity contribution in [1.29, 1.82) is 0 Å². The van der Waals surface area contributed by atoms with Crippen LogP contribution in [0, 0.1) is 0 Å². The van der Waals surface area contributed by atoms with Gasteiger partial charge in [-0.1, -0.05) is 12.1 Å². The van der Waals surface area contributed by atoms with Crippen LogP contribution < -0.4 is 14.8 Å². The zero-order chi connectivity index (χ0) is 14.2. The summed E-state index contributed by atoms with van der Waals surface area (Å²) in [5, 5.41) is 2.71. The van der Waals surface area contributed by atoms with Crippen LogP contribution in [0.3, 0.4) is 0 Å². The number of ether oxygens (including phenoxy) is 2. The molecule has 0 radical (unpaired) electrons. The first kappa shape index (κ1) is 13.2.